The fourth-order valence-electron chi connectivity index (χ4n) is 23.9. The SMILES string of the molecule is CC(C)CCCC(C)CCCC(C)CCN(CCC(C)CCCC(C)CCCC(C)C)CCN1CCN(CCC(C)CCCC(C)CCCC(C)C)C(N(CCC(C)CCCC(C)CCCC(C)C)CCC(C)CCCC(C)CCCC(C)C)C1.CCCCCCCCCCCCN1CCN(CCCCCCCCCCCC)C(N(CCCCCCCCCCCC)CCCCCCCCCCCC)C1. The summed E-state index contributed by atoms with van der Waals surface area (Å²) in [6.45, 7) is 80.8. The molecule has 2 fully saturated rings. The Bertz CT molecular complexity index is 2350. The Labute approximate surface area is 888 Å². The second-order valence-electron chi connectivity index (χ2n) is 52.5. The van der Waals surface area contributed by atoms with Crippen LogP contribution in [0.1, 0.15) is 648 Å². The summed E-state index contributed by atoms with van der Waals surface area (Å²) in [6.07, 6.45) is 108. The predicted molar refractivity (Wildman–Crippen MR) is 638 cm³/mol. The first-order chi connectivity index (χ1) is 67.7. The van der Waals surface area contributed by atoms with Crippen LogP contribution in [-0.2, 0) is 0 Å². The van der Waals surface area contributed by atoms with Crippen molar-refractivity contribution in [2.45, 2.75) is 660 Å². The van der Waals surface area contributed by atoms with E-state index in [0.29, 0.717) is 12.3 Å². The lowest BCUT2D eigenvalue weighted by molar-refractivity contribution is -0.0307. The largest absolute Gasteiger partial charge is 0.302 e. The molecule has 2 rings (SSSR count). The molecule has 2 heterocycles. The van der Waals surface area contributed by atoms with Crippen molar-refractivity contribution in [3.8, 4) is 0 Å². The molecule has 2 aliphatic heterocycles. The highest BCUT2D eigenvalue weighted by molar-refractivity contribution is 4.87. The first-order valence-electron chi connectivity index (χ1n) is 65.8. The molecule has 2 aliphatic rings. The molecule has 0 aromatic heterocycles. The van der Waals surface area contributed by atoms with Crippen molar-refractivity contribution >= 4 is 0 Å². The summed E-state index contributed by atoms with van der Waals surface area (Å²) in [6, 6.07) is 0. The first kappa shape index (κ1) is 138. The van der Waals surface area contributed by atoms with Crippen LogP contribution in [0.2, 0.25) is 0 Å². The number of rotatable bonds is 104. The van der Waals surface area contributed by atoms with Gasteiger partial charge < -0.3 is 4.90 Å². The van der Waals surface area contributed by atoms with E-state index >= 15 is 0 Å². The van der Waals surface area contributed by atoms with E-state index in [1.54, 1.807) is 0 Å². The van der Waals surface area contributed by atoms with Gasteiger partial charge in [-0.1, -0.05) is 590 Å². The summed E-state index contributed by atoms with van der Waals surface area (Å²) in [5.74, 6) is 12.7. The van der Waals surface area contributed by atoms with Crippen LogP contribution >= 0.6 is 0 Å². The van der Waals surface area contributed by atoms with Crippen molar-refractivity contribution < 1.29 is 0 Å². The van der Waals surface area contributed by atoms with Gasteiger partial charge in [0.2, 0.25) is 0 Å². The van der Waals surface area contributed by atoms with Gasteiger partial charge in [-0.05, 0) is 205 Å². The van der Waals surface area contributed by atoms with Crippen LogP contribution in [0.25, 0.3) is 0 Å². The molecule has 0 radical (unpaired) electrons. The third-order valence-corrected chi connectivity index (χ3v) is 34.9. The maximum absolute atomic E-state index is 3.10. The van der Waals surface area contributed by atoms with E-state index in [2.05, 4.69) is 200 Å². The van der Waals surface area contributed by atoms with Gasteiger partial charge in [-0.15, -0.1) is 0 Å². The minimum atomic E-state index is 0.539. The highest BCUT2D eigenvalue weighted by Crippen LogP contribution is 2.32. The Morgan fingerprint density at radius 3 is 0.629 bits per heavy atom. The molecule has 0 bridgehead atoms. The van der Waals surface area contributed by atoms with Gasteiger partial charge in [0, 0.05) is 52.4 Å². The summed E-state index contributed by atoms with van der Waals surface area (Å²) in [7, 11) is 0. The molecule has 0 aliphatic carbocycles. The molecule has 0 amide bonds. The number of hydrogen-bond acceptors (Lipinski definition) is 7. The lowest BCUT2D eigenvalue weighted by Gasteiger charge is -2.47. The van der Waals surface area contributed by atoms with E-state index in [4.69, 9.17) is 0 Å². The zero-order chi connectivity index (χ0) is 103. The van der Waals surface area contributed by atoms with Gasteiger partial charge in [0.1, 0.15) is 0 Å². The molecule has 0 N–H and O–H groups in total. The topological polar surface area (TPSA) is 22.7 Å². The van der Waals surface area contributed by atoms with Crippen LogP contribution in [0.15, 0.2) is 0 Å². The highest BCUT2D eigenvalue weighted by Gasteiger charge is 2.34. The summed E-state index contributed by atoms with van der Waals surface area (Å²) in [4.78, 5) is 21.0. The van der Waals surface area contributed by atoms with Crippen molar-refractivity contribution in [1.82, 2.24) is 34.3 Å². The predicted octanol–water partition coefficient (Wildman–Crippen LogP) is 41.7. The smallest absolute Gasteiger partial charge is 0.0754 e. The van der Waals surface area contributed by atoms with Gasteiger partial charge >= 0.3 is 0 Å². The van der Waals surface area contributed by atoms with Crippen LogP contribution in [0.3, 0.4) is 0 Å². The number of piperazine rings is 2. The summed E-state index contributed by atoms with van der Waals surface area (Å²) < 4.78 is 0. The molecule has 0 saturated carbocycles. The molecule has 140 heavy (non-hydrogen) atoms. The standard InChI is InChI=1S/C81H166N4.C52H107N3/c1-66(2)31-21-36-71(11)41-26-46-76(16)51-56-82(57-52-77(17)47-27-42-72(12)37-22-32-67(3)4)61-62-83-63-64-85(60-55-80(20)50-30-45-75(15)40-25-35-70(9)10)81(65-83)84(58-53-78(18)48-28-43-73(13)38-23-33-68(5)6)59-54-79(19)49-29-44-74(14)39-24-34-69(7)8;1-5-9-13-17-21-25-29-33-37-41-45-53-49-50-55(48-44-40-36-32-28-24-20-16-12-8-4)52(51-53)54(46-42-38-34-30-26-22-18-14-10-6-2)47-43-39-35-31-27-23-19-15-11-7-3/h66-81H,21-65H2,1-20H3;52H,5-51H2,1-4H3. The summed E-state index contributed by atoms with van der Waals surface area (Å²) in [5, 5.41) is 0. The fraction of sp³-hybridized carbons (Fsp3) is 1.00. The van der Waals surface area contributed by atoms with E-state index in [0.717, 1.165) is 88.8 Å². The monoisotopic (exact) mass is 1970 g/mol. The molecule has 12 atom stereocenters. The van der Waals surface area contributed by atoms with Gasteiger partial charge in [0.25, 0.3) is 0 Å². The Morgan fingerprint density at radius 1 is 0.164 bits per heavy atom. The third kappa shape index (κ3) is 87.3. The summed E-state index contributed by atoms with van der Waals surface area (Å²) >= 11 is 0. The minimum Gasteiger partial charge on any atom is -0.302 e. The lowest BCUT2D eigenvalue weighted by atomic mass is 9.92. The van der Waals surface area contributed by atoms with Gasteiger partial charge in [-0.3, -0.25) is 29.4 Å². The Kier molecular flexibility index (Phi) is 96.6. The third-order valence-electron chi connectivity index (χ3n) is 34.9. The molecular formula is C133H273N7. The second kappa shape index (κ2) is 98.2. The maximum Gasteiger partial charge on any atom is 0.0754 e. The average molecular weight is 1970 g/mol. The molecule has 0 aromatic carbocycles. The van der Waals surface area contributed by atoms with E-state index in [1.807, 2.05) is 0 Å². The molecule has 0 aromatic rings. The van der Waals surface area contributed by atoms with Crippen LogP contribution in [-0.4, -0.2) is 158 Å². The minimum absolute atomic E-state index is 0.539. The normalized spacial score (nSPS) is 17.4. The van der Waals surface area contributed by atoms with E-state index < -0.39 is 0 Å². The van der Waals surface area contributed by atoms with Crippen LogP contribution in [0.5, 0.6) is 0 Å². The molecule has 7 nitrogen and oxygen atoms in total. The van der Waals surface area contributed by atoms with Crippen molar-refractivity contribution in [3.63, 3.8) is 0 Å². The van der Waals surface area contributed by atoms with Crippen LogP contribution in [0.4, 0.5) is 0 Å². The zero-order valence-electron chi connectivity index (χ0n) is 102. The molecule has 840 valence electrons. The van der Waals surface area contributed by atoms with Gasteiger partial charge in [0.05, 0.1) is 12.3 Å². The van der Waals surface area contributed by atoms with Gasteiger partial charge in [0.15, 0.2) is 0 Å². The molecule has 0 spiro atoms. The Morgan fingerprint density at radius 2 is 0.364 bits per heavy atom. The average Bonchev–Trinajstić information content (AvgIpc) is 0.831. The van der Waals surface area contributed by atoms with E-state index in [9.17, 15) is 0 Å². The molecule has 7 heteroatoms. The van der Waals surface area contributed by atoms with Crippen molar-refractivity contribution in [1.29, 1.82) is 0 Å². The molecular weight excluding hydrogens is 1700 g/mol. The van der Waals surface area contributed by atoms with E-state index in [-0.39, 0.29) is 0 Å². The van der Waals surface area contributed by atoms with Crippen molar-refractivity contribution in [2.24, 2.45) is 88.8 Å². The van der Waals surface area contributed by atoms with Gasteiger partial charge in [-0.2, -0.15) is 0 Å². The van der Waals surface area contributed by atoms with Crippen LogP contribution < -0.4 is 0 Å². The first-order valence-corrected chi connectivity index (χ1v) is 65.8. The van der Waals surface area contributed by atoms with E-state index in [1.165, 1.54) is 593 Å². The summed E-state index contributed by atoms with van der Waals surface area (Å²) in [5.41, 5.74) is 0. The second-order valence-corrected chi connectivity index (χ2v) is 52.5. The maximum atomic E-state index is 3.10. The highest BCUT2D eigenvalue weighted by atomic mass is 15.4. The number of nitrogens with zero attached hydrogens (tertiary/aromatic N) is 7. The number of hydrogen-bond donors (Lipinski definition) is 0. The quantitative estimate of drug-likeness (QED) is 0.0559. The van der Waals surface area contributed by atoms with Gasteiger partial charge in [-0.25, -0.2) is 0 Å². The fourth-order valence-corrected chi connectivity index (χ4v) is 23.9. The Hall–Kier alpha value is -0.280. The van der Waals surface area contributed by atoms with Crippen molar-refractivity contribution in [2.75, 3.05) is 111 Å². The Balaban J connectivity index is 0.00000153. The number of unbranched alkanes of at least 4 members (excludes halogenated alkanes) is 36. The van der Waals surface area contributed by atoms with Crippen molar-refractivity contribution in [3.05, 3.63) is 0 Å². The molecule has 12 unspecified atom stereocenters. The van der Waals surface area contributed by atoms with Crippen LogP contribution in [0, 0.1) is 88.8 Å². The molecule has 2 saturated heterocycles. The lowest BCUT2D eigenvalue weighted by Crippen LogP contribution is -2.61. The zero-order valence-corrected chi connectivity index (χ0v) is 102.